The number of likely N-dealkylation sites (N-methyl/N-ethyl adjacent to an activating group) is 1. The van der Waals surface area contributed by atoms with Gasteiger partial charge < -0.3 is 15.0 Å². The summed E-state index contributed by atoms with van der Waals surface area (Å²) in [5, 5.41) is 3.42. The number of ether oxygens (including phenoxy) is 1. The van der Waals surface area contributed by atoms with Gasteiger partial charge in [-0.25, -0.2) is 4.39 Å². The lowest BCUT2D eigenvalue weighted by molar-refractivity contribution is 0.415. The van der Waals surface area contributed by atoms with Crippen LogP contribution in [0.5, 0.6) is 5.75 Å². The van der Waals surface area contributed by atoms with Gasteiger partial charge in [-0.3, -0.25) is 0 Å². The van der Waals surface area contributed by atoms with Crippen molar-refractivity contribution in [3.8, 4) is 16.9 Å². The van der Waals surface area contributed by atoms with Gasteiger partial charge in [0.25, 0.3) is 0 Å². The first-order valence-electron chi connectivity index (χ1n) is 7.04. The Hall–Kier alpha value is -2.23. The number of halogens is 1. The van der Waals surface area contributed by atoms with Crippen LogP contribution in [0.4, 0.5) is 15.8 Å². The summed E-state index contributed by atoms with van der Waals surface area (Å²) in [5.74, 6) is 0.561. The maximum absolute atomic E-state index is 14.4. The number of hydrogen-bond donors (Lipinski definition) is 1. The number of nitrogens with one attached hydrogen (secondary N) is 1. The third-order valence-electron chi connectivity index (χ3n) is 3.84. The molecule has 1 N–H and O–H groups in total. The number of hydrogen-bond acceptors (Lipinski definition) is 3. The predicted octanol–water partition coefficient (Wildman–Crippen LogP) is 3.75. The van der Waals surface area contributed by atoms with Crippen molar-refractivity contribution in [2.24, 2.45) is 0 Å². The monoisotopic (exact) mass is 286 g/mol. The molecule has 2 aromatic carbocycles. The van der Waals surface area contributed by atoms with Crippen LogP contribution in [0.25, 0.3) is 11.1 Å². The molecule has 0 radical (unpaired) electrons. The van der Waals surface area contributed by atoms with Crippen molar-refractivity contribution >= 4 is 11.4 Å². The molecular weight excluding hydrogens is 267 g/mol. The molecule has 3 nitrogen and oxygen atoms in total. The Morgan fingerprint density at radius 2 is 1.90 bits per heavy atom. The maximum Gasteiger partial charge on any atom is 0.133 e. The van der Waals surface area contributed by atoms with Crippen LogP contribution in [0, 0.1) is 5.82 Å². The molecular formula is C17H19FN2O. The zero-order chi connectivity index (χ0) is 15.0. The molecule has 0 aliphatic carbocycles. The number of methoxy groups -OCH3 is 1. The van der Waals surface area contributed by atoms with E-state index >= 15 is 0 Å². The van der Waals surface area contributed by atoms with Crippen LogP contribution in [0.1, 0.15) is 6.92 Å². The van der Waals surface area contributed by atoms with Gasteiger partial charge in [-0.1, -0.05) is 12.1 Å². The second-order valence-corrected chi connectivity index (χ2v) is 5.47. The first-order chi connectivity index (χ1) is 10.1. The van der Waals surface area contributed by atoms with Crippen LogP contribution in [-0.4, -0.2) is 26.7 Å². The molecule has 21 heavy (non-hydrogen) atoms. The average Bonchev–Trinajstić information content (AvgIpc) is 2.48. The van der Waals surface area contributed by atoms with Gasteiger partial charge in [-0.05, 0) is 36.8 Å². The summed E-state index contributed by atoms with van der Waals surface area (Å²) >= 11 is 0. The highest BCUT2D eigenvalue weighted by Gasteiger charge is 2.24. The van der Waals surface area contributed by atoms with Crippen LogP contribution in [0.15, 0.2) is 36.4 Å². The third-order valence-corrected chi connectivity index (χ3v) is 3.84. The van der Waals surface area contributed by atoms with Crippen molar-refractivity contribution in [3.05, 3.63) is 42.2 Å². The molecule has 0 fully saturated rings. The summed E-state index contributed by atoms with van der Waals surface area (Å²) in [6.07, 6.45) is 0. The molecule has 0 amide bonds. The van der Waals surface area contributed by atoms with Crippen LogP contribution in [-0.2, 0) is 0 Å². The minimum absolute atomic E-state index is 0.206. The van der Waals surface area contributed by atoms with E-state index in [0.29, 0.717) is 11.6 Å². The summed E-state index contributed by atoms with van der Waals surface area (Å²) in [5.41, 5.74) is 3.38. The van der Waals surface area contributed by atoms with E-state index in [1.165, 1.54) is 6.07 Å². The van der Waals surface area contributed by atoms with E-state index in [-0.39, 0.29) is 5.82 Å². The fourth-order valence-electron chi connectivity index (χ4n) is 2.92. The van der Waals surface area contributed by atoms with E-state index < -0.39 is 0 Å². The number of anilines is 2. The van der Waals surface area contributed by atoms with Gasteiger partial charge in [0.1, 0.15) is 11.6 Å². The van der Waals surface area contributed by atoms with Crippen LogP contribution >= 0.6 is 0 Å². The van der Waals surface area contributed by atoms with Crippen molar-refractivity contribution in [2.75, 3.05) is 30.9 Å². The highest BCUT2D eigenvalue weighted by atomic mass is 19.1. The molecule has 0 spiro atoms. The van der Waals surface area contributed by atoms with Gasteiger partial charge in [0.05, 0.1) is 18.5 Å². The summed E-state index contributed by atoms with van der Waals surface area (Å²) < 4.78 is 19.6. The van der Waals surface area contributed by atoms with E-state index in [9.17, 15) is 4.39 Å². The van der Waals surface area contributed by atoms with Crippen molar-refractivity contribution in [3.63, 3.8) is 0 Å². The van der Waals surface area contributed by atoms with Gasteiger partial charge in [0, 0.05) is 25.2 Å². The standard InChI is InChI=1S/C17H19FN2O/c1-11-10-20(2)17-15(19-11)9-8-14(18)16(17)12-4-6-13(21-3)7-5-12/h4-9,11,19H,10H2,1-3H3. The summed E-state index contributed by atoms with van der Waals surface area (Å²) in [6.45, 7) is 2.97. The summed E-state index contributed by atoms with van der Waals surface area (Å²) in [7, 11) is 3.63. The zero-order valence-electron chi connectivity index (χ0n) is 12.5. The van der Waals surface area contributed by atoms with E-state index in [2.05, 4.69) is 17.1 Å². The topological polar surface area (TPSA) is 24.5 Å². The zero-order valence-corrected chi connectivity index (χ0v) is 12.5. The molecule has 1 aliphatic rings. The minimum atomic E-state index is -0.206. The largest absolute Gasteiger partial charge is 0.497 e. The molecule has 1 heterocycles. The molecule has 0 aromatic heterocycles. The Bertz CT molecular complexity index is 655. The molecule has 1 unspecified atom stereocenters. The van der Waals surface area contributed by atoms with Gasteiger partial charge in [-0.2, -0.15) is 0 Å². The molecule has 0 saturated carbocycles. The van der Waals surface area contributed by atoms with Gasteiger partial charge >= 0.3 is 0 Å². The number of nitrogens with zero attached hydrogens (tertiary/aromatic N) is 1. The lowest BCUT2D eigenvalue weighted by Gasteiger charge is -2.35. The van der Waals surface area contributed by atoms with Gasteiger partial charge in [0.15, 0.2) is 0 Å². The van der Waals surface area contributed by atoms with Crippen molar-refractivity contribution in [1.29, 1.82) is 0 Å². The lowest BCUT2D eigenvalue weighted by atomic mass is 9.98. The Labute approximate surface area is 124 Å². The SMILES string of the molecule is COc1ccc(-c2c(F)ccc3c2N(C)CC(C)N3)cc1. The molecule has 1 aliphatic heterocycles. The van der Waals surface area contributed by atoms with E-state index in [1.54, 1.807) is 7.11 Å². The van der Waals surface area contributed by atoms with E-state index in [0.717, 1.165) is 29.2 Å². The van der Waals surface area contributed by atoms with E-state index in [1.807, 2.05) is 37.4 Å². The van der Waals surface area contributed by atoms with Crippen LogP contribution < -0.4 is 15.0 Å². The van der Waals surface area contributed by atoms with Gasteiger partial charge in [0.2, 0.25) is 0 Å². The summed E-state index contributed by atoms with van der Waals surface area (Å²) in [4.78, 5) is 2.11. The molecule has 0 saturated heterocycles. The van der Waals surface area contributed by atoms with Crippen molar-refractivity contribution in [1.82, 2.24) is 0 Å². The molecule has 2 aromatic rings. The quantitative estimate of drug-likeness (QED) is 0.910. The lowest BCUT2D eigenvalue weighted by Crippen LogP contribution is -2.37. The van der Waals surface area contributed by atoms with Crippen molar-refractivity contribution in [2.45, 2.75) is 13.0 Å². The smallest absolute Gasteiger partial charge is 0.133 e. The number of fused-ring (bicyclic) bond motifs is 1. The van der Waals surface area contributed by atoms with Crippen LogP contribution in [0.2, 0.25) is 0 Å². The normalized spacial score (nSPS) is 17.1. The Morgan fingerprint density at radius 1 is 1.19 bits per heavy atom. The highest BCUT2D eigenvalue weighted by Crippen LogP contribution is 2.41. The Kier molecular flexibility index (Phi) is 3.45. The fourth-order valence-corrected chi connectivity index (χ4v) is 2.92. The average molecular weight is 286 g/mol. The minimum Gasteiger partial charge on any atom is -0.497 e. The van der Waals surface area contributed by atoms with Gasteiger partial charge in [-0.15, -0.1) is 0 Å². The maximum atomic E-state index is 14.4. The number of benzene rings is 2. The van der Waals surface area contributed by atoms with Crippen LogP contribution in [0.3, 0.4) is 0 Å². The fraction of sp³-hybridized carbons (Fsp3) is 0.294. The molecule has 0 bridgehead atoms. The number of rotatable bonds is 2. The second-order valence-electron chi connectivity index (χ2n) is 5.47. The third kappa shape index (κ3) is 2.42. The second kappa shape index (κ2) is 5.28. The molecule has 110 valence electrons. The first kappa shape index (κ1) is 13.7. The predicted molar refractivity (Wildman–Crippen MR) is 84.7 cm³/mol. The Morgan fingerprint density at radius 3 is 2.57 bits per heavy atom. The van der Waals surface area contributed by atoms with Crippen molar-refractivity contribution < 1.29 is 9.13 Å². The molecule has 1 atom stereocenters. The van der Waals surface area contributed by atoms with E-state index in [4.69, 9.17) is 4.74 Å². The molecule has 4 heteroatoms. The Balaban J connectivity index is 2.15. The first-order valence-corrected chi connectivity index (χ1v) is 7.04. The molecule has 3 rings (SSSR count). The summed E-state index contributed by atoms with van der Waals surface area (Å²) in [6, 6.07) is 11.2. The highest BCUT2D eigenvalue weighted by molar-refractivity contribution is 5.89.